The molecule has 6 rings (SSSR count). The van der Waals surface area contributed by atoms with Crippen molar-refractivity contribution in [3.8, 4) is 0 Å². The Labute approximate surface area is 198 Å². The molecule has 0 spiro atoms. The van der Waals surface area contributed by atoms with Crippen LogP contribution in [0, 0.1) is 5.92 Å². The van der Waals surface area contributed by atoms with E-state index in [9.17, 15) is 9.59 Å². The molecule has 2 aromatic heterocycles. The number of rotatable bonds is 3. The summed E-state index contributed by atoms with van der Waals surface area (Å²) in [4.78, 5) is 30.7. The summed E-state index contributed by atoms with van der Waals surface area (Å²) >= 11 is 0. The number of amides is 2. The van der Waals surface area contributed by atoms with E-state index in [1.54, 1.807) is 0 Å². The summed E-state index contributed by atoms with van der Waals surface area (Å²) in [6, 6.07) is 19.7. The molecular formula is C27H27N5O2. The van der Waals surface area contributed by atoms with Crippen LogP contribution in [0.3, 0.4) is 0 Å². The van der Waals surface area contributed by atoms with Crippen LogP contribution in [-0.2, 0) is 4.79 Å². The second-order valence-electron chi connectivity index (χ2n) is 9.27. The van der Waals surface area contributed by atoms with Crippen LogP contribution in [0.5, 0.6) is 0 Å². The Balaban J connectivity index is 1.15. The summed E-state index contributed by atoms with van der Waals surface area (Å²) < 4.78 is 1.99. The van der Waals surface area contributed by atoms with Crippen LogP contribution in [-0.4, -0.2) is 55.8 Å². The van der Waals surface area contributed by atoms with Crippen molar-refractivity contribution in [1.82, 2.24) is 24.4 Å². The van der Waals surface area contributed by atoms with Gasteiger partial charge in [-0.25, -0.2) is 0 Å². The number of hydrogen-bond donors (Lipinski definition) is 0. The van der Waals surface area contributed by atoms with Gasteiger partial charge in [0.15, 0.2) is 11.5 Å². The average Bonchev–Trinajstić information content (AvgIpc) is 3.55. The van der Waals surface area contributed by atoms with Gasteiger partial charge in [-0.3, -0.25) is 14.0 Å². The monoisotopic (exact) mass is 453 g/mol. The summed E-state index contributed by atoms with van der Waals surface area (Å²) in [5.74, 6) is 1.02. The maximum atomic E-state index is 13.5. The van der Waals surface area contributed by atoms with Gasteiger partial charge in [0.1, 0.15) is 0 Å². The van der Waals surface area contributed by atoms with Gasteiger partial charge in [0, 0.05) is 37.3 Å². The Hall–Kier alpha value is -3.74. The first-order chi connectivity index (χ1) is 16.7. The highest BCUT2D eigenvalue weighted by Crippen LogP contribution is 2.34. The molecule has 2 aliphatic rings. The predicted molar refractivity (Wildman–Crippen MR) is 129 cm³/mol. The largest absolute Gasteiger partial charge is 0.339 e. The van der Waals surface area contributed by atoms with Crippen molar-refractivity contribution in [3.63, 3.8) is 0 Å². The Bertz CT molecular complexity index is 1370. The molecule has 2 fully saturated rings. The number of piperidine rings is 1. The number of hydrogen-bond acceptors (Lipinski definition) is 4. The first kappa shape index (κ1) is 20.8. The van der Waals surface area contributed by atoms with Crippen molar-refractivity contribution < 1.29 is 9.59 Å². The van der Waals surface area contributed by atoms with Crippen LogP contribution in [0.2, 0.25) is 0 Å². The van der Waals surface area contributed by atoms with Crippen LogP contribution in [0.4, 0.5) is 0 Å². The maximum absolute atomic E-state index is 13.5. The van der Waals surface area contributed by atoms with Crippen molar-refractivity contribution in [2.45, 2.75) is 31.7 Å². The van der Waals surface area contributed by atoms with Crippen LogP contribution >= 0.6 is 0 Å². The molecule has 0 N–H and O–H groups in total. The van der Waals surface area contributed by atoms with Crippen molar-refractivity contribution in [3.05, 3.63) is 78.2 Å². The van der Waals surface area contributed by atoms with E-state index >= 15 is 0 Å². The van der Waals surface area contributed by atoms with Crippen LogP contribution in [0.25, 0.3) is 16.4 Å². The minimum atomic E-state index is -0.0589. The smallest absolute Gasteiger partial charge is 0.254 e. The van der Waals surface area contributed by atoms with E-state index < -0.39 is 0 Å². The van der Waals surface area contributed by atoms with E-state index in [0.29, 0.717) is 25.9 Å². The molecule has 0 radical (unpaired) electrons. The zero-order valence-corrected chi connectivity index (χ0v) is 19.0. The SMILES string of the molecule is O=C(c1cccc2ccccc12)N1CCC(C(=O)N2CCC[C@@H]2c2nnc3ccccn23)CC1. The molecule has 0 aliphatic carbocycles. The lowest BCUT2D eigenvalue weighted by Gasteiger charge is -2.34. The molecular weight excluding hydrogens is 426 g/mol. The number of aromatic nitrogens is 3. The summed E-state index contributed by atoms with van der Waals surface area (Å²) in [5, 5.41) is 10.7. The van der Waals surface area contributed by atoms with Crippen molar-refractivity contribution in [2.24, 2.45) is 5.92 Å². The lowest BCUT2D eigenvalue weighted by molar-refractivity contribution is -0.138. The lowest BCUT2D eigenvalue weighted by Crippen LogP contribution is -2.44. The molecule has 2 saturated heterocycles. The molecule has 172 valence electrons. The molecule has 1 atom stereocenters. The molecule has 2 aliphatic heterocycles. The molecule has 2 amide bonds. The summed E-state index contributed by atoms with van der Waals surface area (Å²) in [6.45, 7) is 1.95. The normalized spacial score (nSPS) is 19.2. The first-order valence-electron chi connectivity index (χ1n) is 12.1. The molecule has 4 aromatic rings. The predicted octanol–water partition coefficient (Wildman–Crippen LogP) is 4.10. The van der Waals surface area contributed by atoms with Gasteiger partial charge < -0.3 is 9.80 Å². The fraction of sp³-hybridized carbons (Fsp3) is 0.333. The average molecular weight is 454 g/mol. The topological polar surface area (TPSA) is 70.8 Å². The number of benzene rings is 2. The quantitative estimate of drug-likeness (QED) is 0.468. The van der Waals surface area contributed by atoms with E-state index in [2.05, 4.69) is 10.2 Å². The molecule has 2 aromatic carbocycles. The maximum Gasteiger partial charge on any atom is 0.254 e. The van der Waals surface area contributed by atoms with E-state index in [1.807, 2.05) is 81.1 Å². The zero-order chi connectivity index (χ0) is 23.1. The molecule has 7 heteroatoms. The van der Waals surface area contributed by atoms with Gasteiger partial charge in [-0.1, -0.05) is 42.5 Å². The van der Waals surface area contributed by atoms with E-state index in [4.69, 9.17) is 0 Å². The number of fused-ring (bicyclic) bond motifs is 2. The van der Waals surface area contributed by atoms with Crippen molar-refractivity contribution >= 4 is 28.2 Å². The summed E-state index contributed by atoms with van der Waals surface area (Å²) in [6.07, 6.45) is 5.22. The Morgan fingerprint density at radius 1 is 0.824 bits per heavy atom. The van der Waals surface area contributed by atoms with Crippen LogP contribution in [0.1, 0.15) is 47.9 Å². The van der Waals surface area contributed by atoms with E-state index in [-0.39, 0.29) is 23.8 Å². The number of pyridine rings is 1. The number of carbonyl (C=O) groups is 2. The van der Waals surface area contributed by atoms with Gasteiger partial charge in [0.05, 0.1) is 6.04 Å². The Morgan fingerprint density at radius 2 is 1.62 bits per heavy atom. The van der Waals surface area contributed by atoms with Gasteiger partial charge >= 0.3 is 0 Å². The Kier molecular flexibility index (Phi) is 5.24. The fourth-order valence-electron chi connectivity index (χ4n) is 5.53. The van der Waals surface area contributed by atoms with Gasteiger partial charge in [0.2, 0.25) is 5.91 Å². The molecule has 4 heterocycles. The molecule has 34 heavy (non-hydrogen) atoms. The number of carbonyl (C=O) groups excluding carboxylic acids is 2. The number of likely N-dealkylation sites (tertiary alicyclic amines) is 2. The molecule has 7 nitrogen and oxygen atoms in total. The molecule has 0 bridgehead atoms. The van der Waals surface area contributed by atoms with Gasteiger partial charge in [-0.05, 0) is 54.7 Å². The summed E-state index contributed by atoms with van der Waals surface area (Å²) in [5.41, 5.74) is 1.54. The van der Waals surface area contributed by atoms with E-state index in [1.165, 1.54) is 0 Å². The lowest BCUT2D eigenvalue weighted by atomic mass is 9.94. The van der Waals surface area contributed by atoms with Crippen LogP contribution in [0.15, 0.2) is 66.9 Å². The minimum absolute atomic E-state index is 0.0414. The third kappa shape index (κ3) is 3.52. The second-order valence-corrected chi connectivity index (χ2v) is 9.27. The Morgan fingerprint density at radius 3 is 2.50 bits per heavy atom. The molecule has 0 saturated carbocycles. The van der Waals surface area contributed by atoms with Gasteiger partial charge in [0.25, 0.3) is 5.91 Å². The van der Waals surface area contributed by atoms with Crippen molar-refractivity contribution in [2.75, 3.05) is 19.6 Å². The third-order valence-electron chi connectivity index (χ3n) is 7.33. The zero-order valence-electron chi connectivity index (χ0n) is 19.0. The first-order valence-corrected chi connectivity index (χ1v) is 12.1. The van der Waals surface area contributed by atoms with Crippen LogP contribution < -0.4 is 0 Å². The van der Waals surface area contributed by atoms with Gasteiger partial charge in [-0.15, -0.1) is 10.2 Å². The standard InChI is InChI=1S/C27H27N5O2/c33-26(31-16-6-11-23(31)25-29-28-24-12-3-4-15-32(24)25)20-13-17-30(18-14-20)27(34)22-10-5-8-19-7-1-2-9-21(19)22/h1-5,7-10,12,15,20,23H,6,11,13-14,16-18H2/t23-/m1/s1. The highest BCUT2D eigenvalue weighted by atomic mass is 16.2. The highest BCUT2D eigenvalue weighted by molar-refractivity contribution is 6.07. The van der Waals surface area contributed by atoms with Gasteiger partial charge in [-0.2, -0.15) is 0 Å². The fourth-order valence-corrected chi connectivity index (χ4v) is 5.53. The third-order valence-corrected chi connectivity index (χ3v) is 7.33. The minimum Gasteiger partial charge on any atom is -0.339 e. The van der Waals surface area contributed by atoms with E-state index in [0.717, 1.165) is 47.2 Å². The molecule has 0 unspecified atom stereocenters. The number of nitrogens with zero attached hydrogens (tertiary/aromatic N) is 5. The second kappa shape index (κ2) is 8.56. The highest BCUT2D eigenvalue weighted by Gasteiger charge is 2.38. The summed E-state index contributed by atoms with van der Waals surface area (Å²) in [7, 11) is 0. The van der Waals surface area contributed by atoms with Crippen molar-refractivity contribution in [1.29, 1.82) is 0 Å².